The molecular formula is C19H20N4O6S2. The van der Waals surface area contributed by atoms with E-state index in [1.165, 1.54) is 25.1 Å². The topological polar surface area (TPSA) is 132 Å². The quantitative estimate of drug-likeness (QED) is 0.422. The van der Waals surface area contributed by atoms with Crippen molar-refractivity contribution >= 4 is 54.5 Å². The fraction of sp³-hybridized carbons (Fsp3) is 0.263. The van der Waals surface area contributed by atoms with Gasteiger partial charge in [0, 0.05) is 24.4 Å². The number of fused-ring (bicyclic) bond motifs is 1. The number of hydrogen-bond donors (Lipinski definition) is 1. The number of anilines is 2. The molecule has 0 aliphatic rings. The Balaban J connectivity index is 1.92. The van der Waals surface area contributed by atoms with Gasteiger partial charge in [0.15, 0.2) is 0 Å². The number of aryl methyl sites for hydroxylation is 1. The van der Waals surface area contributed by atoms with Crippen molar-refractivity contribution in [2.75, 3.05) is 15.9 Å². The van der Waals surface area contributed by atoms with Crippen molar-refractivity contribution < 1.29 is 18.1 Å². The Morgan fingerprint density at radius 1 is 1.29 bits per heavy atom. The van der Waals surface area contributed by atoms with Crippen LogP contribution in [0.2, 0.25) is 0 Å². The zero-order chi connectivity index (χ0) is 22.9. The second-order valence-electron chi connectivity index (χ2n) is 6.80. The Morgan fingerprint density at radius 2 is 2.00 bits per heavy atom. The van der Waals surface area contributed by atoms with E-state index < -0.39 is 26.9 Å². The number of carbonyl (C=O) groups excluding carboxylic acids is 1. The number of hydrogen-bond acceptors (Lipinski definition) is 7. The van der Waals surface area contributed by atoms with Gasteiger partial charge >= 0.3 is 4.87 Å². The van der Waals surface area contributed by atoms with Gasteiger partial charge in [-0.25, -0.2) is 8.42 Å². The Morgan fingerprint density at radius 3 is 2.61 bits per heavy atom. The molecule has 3 aromatic rings. The van der Waals surface area contributed by atoms with Crippen LogP contribution in [0.1, 0.15) is 13.8 Å². The Kier molecular flexibility index (Phi) is 6.13. The average molecular weight is 465 g/mol. The predicted octanol–water partition coefficient (Wildman–Crippen LogP) is 2.78. The number of amides is 1. The largest absolute Gasteiger partial charge is 0.324 e. The summed E-state index contributed by atoms with van der Waals surface area (Å²) < 4.78 is 27.9. The number of benzene rings is 2. The molecule has 12 heteroatoms. The molecular weight excluding hydrogens is 444 g/mol. The first kappa shape index (κ1) is 22.4. The van der Waals surface area contributed by atoms with Gasteiger partial charge in [0.2, 0.25) is 15.9 Å². The summed E-state index contributed by atoms with van der Waals surface area (Å²) in [6, 6.07) is 8.87. The number of aromatic nitrogens is 1. The predicted molar refractivity (Wildman–Crippen MR) is 120 cm³/mol. The smallest absolute Gasteiger partial charge is 0.308 e. The molecule has 1 heterocycles. The zero-order valence-corrected chi connectivity index (χ0v) is 18.6. The molecule has 0 spiro atoms. The molecule has 0 aliphatic heterocycles. The maximum atomic E-state index is 12.8. The van der Waals surface area contributed by atoms with Crippen LogP contribution in [0.5, 0.6) is 0 Å². The molecule has 1 aromatic heterocycles. The van der Waals surface area contributed by atoms with E-state index in [0.29, 0.717) is 16.9 Å². The van der Waals surface area contributed by atoms with Crippen LogP contribution in [-0.4, -0.2) is 36.1 Å². The normalized spacial score (nSPS) is 12.5. The molecule has 3 rings (SSSR count). The van der Waals surface area contributed by atoms with E-state index in [1.54, 1.807) is 22.8 Å². The van der Waals surface area contributed by atoms with Crippen LogP contribution < -0.4 is 14.5 Å². The molecule has 0 bridgehead atoms. The Hall–Kier alpha value is -3.25. The van der Waals surface area contributed by atoms with Gasteiger partial charge in [-0.15, -0.1) is 0 Å². The summed E-state index contributed by atoms with van der Waals surface area (Å²) in [5.41, 5.74) is 0.867. The van der Waals surface area contributed by atoms with Crippen LogP contribution in [0, 0.1) is 10.1 Å². The number of nitrogens with one attached hydrogen (secondary N) is 1. The summed E-state index contributed by atoms with van der Waals surface area (Å²) in [5, 5.41) is 13.7. The van der Waals surface area contributed by atoms with Gasteiger partial charge in [0.05, 0.1) is 27.1 Å². The lowest BCUT2D eigenvalue weighted by Gasteiger charge is -2.28. The highest BCUT2D eigenvalue weighted by atomic mass is 32.2. The molecule has 0 fully saturated rings. The fourth-order valence-electron chi connectivity index (χ4n) is 3.24. The molecule has 10 nitrogen and oxygen atoms in total. The summed E-state index contributed by atoms with van der Waals surface area (Å²) >= 11 is 1.05. The van der Waals surface area contributed by atoms with Gasteiger partial charge in [-0.1, -0.05) is 17.4 Å². The van der Waals surface area contributed by atoms with Gasteiger partial charge < -0.3 is 5.32 Å². The molecule has 0 aliphatic carbocycles. The third-order valence-corrected chi connectivity index (χ3v) is 6.82. The lowest BCUT2D eigenvalue weighted by atomic mass is 10.2. The second kappa shape index (κ2) is 8.47. The van der Waals surface area contributed by atoms with Crippen LogP contribution in [0.3, 0.4) is 0 Å². The molecule has 164 valence electrons. The third-order valence-electron chi connectivity index (χ3n) is 4.64. The number of sulfonamides is 1. The van der Waals surface area contributed by atoms with Crippen molar-refractivity contribution in [3.63, 3.8) is 0 Å². The minimum atomic E-state index is -3.93. The van der Waals surface area contributed by atoms with Gasteiger partial charge in [-0.3, -0.25) is 28.6 Å². The van der Waals surface area contributed by atoms with Crippen LogP contribution >= 0.6 is 11.3 Å². The number of non-ortho nitro benzene ring substituents is 1. The SMILES string of the molecule is CCn1c(=O)sc2cc(NC(=O)[C@@H](C)N(c3cccc([N+](=O)[O-])c3)S(C)(=O)=O)ccc21. The van der Waals surface area contributed by atoms with Crippen LogP contribution in [0.4, 0.5) is 17.1 Å². The highest BCUT2D eigenvalue weighted by Gasteiger charge is 2.30. The number of nitro benzene ring substituents is 1. The Labute approximate surface area is 181 Å². The maximum absolute atomic E-state index is 12.8. The molecule has 1 N–H and O–H groups in total. The molecule has 0 saturated carbocycles. The van der Waals surface area contributed by atoms with E-state index in [4.69, 9.17) is 0 Å². The lowest BCUT2D eigenvalue weighted by molar-refractivity contribution is -0.384. The monoisotopic (exact) mass is 464 g/mol. The van der Waals surface area contributed by atoms with E-state index in [9.17, 15) is 28.1 Å². The number of nitrogens with zero attached hydrogens (tertiary/aromatic N) is 3. The minimum Gasteiger partial charge on any atom is -0.324 e. The highest BCUT2D eigenvalue weighted by molar-refractivity contribution is 7.92. The van der Waals surface area contributed by atoms with E-state index >= 15 is 0 Å². The second-order valence-corrected chi connectivity index (χ2v) is 9.65. The van der Waals surface area contributed by atoms with Gasteiger partial charge in [0.25, 0.3) is 5.69 Å². The van der Waals surface area contributed by atoms with Crippen LogP contribution in [0.25, 0.3) is 10.2 Å². The standard InChI is InChI=1S/C19H20N4O6S2/c1-4-21-16-9-8-13(10-17(16)30-19(21)25)20-18(24)12(2)22(31(3,28)29)14-6-5-7-15(11-14)23(26)27/h5-12H,4H2,1-3H3,(H,20,24)/t12-/m1/s1. The summed E-state index contributed by atoms with van der Waals surface area (Å²) in [5.74, 6) is -0.626. The highest BCUT2D eigenvalue weighted by Crippen LogP contribution is 2.26. The summed E-state index contributed by atoms with van der Waals surface area (Å²) in [7, 11) is -3.93. The molecule has 1 amide bonds. The first-order chi connectivity index (χ1) is 14.5. The fourth-order valence-corrected chi connectivity index (χ4v) is 5.40. The summed E-state index contributed by atoms with van der Waals surface area (Å²) in [4.78, 5) is 35.2. The first-order valence-electron chi connectivity index (χ1n) is 9.21. The number of nitro groups is 1. The number of rotatable bonds is 7. The lowest BCUT2D eigenvalue weighted by Crippen LogP contribution is -2.45. The number of thiazole rings is 1. The first-order valence-corrected chi connectivity index (χ1v) is 11.9. The summed E-state index contributed by atoms with van der Waals surface area (Å²) in [6.07, 6.45) is 0.923. The zero-order valence-electron chi connectivity index (χ0n) is 16.9. The van der Waals surface area contributed by atoms with E-state index in [-0.39, 0.29) is 16.2 Å². The van der Waals surface area contributed by atoms with E-state index in [2.05, 4.69) is 5.32 Å². The van der Waals surface area contributed by atoms with Gasteiger partial charge in [-0.05, 0) is 38.1 Å². The van der Waals surface area contributed by atoms with Crippen molar-refractivity contribution in [3.8, 4) is 0 Å². The number of carbonyl (C=O) groups is 1. The van der Waals surface area contributed by atoms with Crippen molar-refractivity contribution in [1.82, 2.24) is 4.57 Å². The van der Waals surface area contributed by atoms with Crippen LogP contribution in [-0.2, 0) is 21.4 Å². The molecule has 0 radical (unpaired) electrons. The van der Waals surface area contributed by atoms with E-state index in [1.807, 2.05) is 6.92 Å². The Bertz CT molecular complexity index is 1330. The van der Waals surface area contributed by atoms with E-state index in [0.717, 1.165) is 33.5 Å². The molecule has 2 aromatic carbocycles. The van der Waals surface area contributed by atoms with Gasteiger partial charge in [-0.2, -0.15) is 0 Å². The molecule has 1 atom stereocenters. The average Bonchev–Trinajstić information content (AvgIpc) is 3.01. The van der Waals surface area contributed by atoms with Crippen molar-refractivity contribution in [2.45, 2.75) is 26.4 Å². The van der Waals surface area contributed by atoms with Gasteiger partial charge in [0.1, 0.15) is 6.04 Å². The summed E-state index contributed by atoms with van der Waals surface area (Å²) in [6.45, 7) is 3.77. The van der Waals surface area contributed by atoms with Crippen LogP contribution in [0.15, 0.2) is 47.3 Å². The van der Waals surface area contributed by atoms with Crippen molar-refractivity contribution in [2.24, 2.45) is 0 Å². The minimum absolute atomic E-state index is 0.00745. The molecule has 31 heavy (non-hydrogen) atoms. The van der Waals surface area contributed by atoms with Crippen molar-refractivity contribution in [1.29, 1.82) is 0 Å². The third kappa shape index (κ3) is 4.59. The molecule has 0 unspecified atom stereocenters. The van der Waals surface area contributed by atoms with Crippen molar-refractivity contribution in [3.05, 3.63) is 62.2 Å². The maximum Gasteiger partial charge on any atom is 0.308 e. The molecule has 0 saturated heterocycles.